The molecule has 2 heterocycles. The molecular weight excluding hydrogens is 218 g/mol. The normalized spacial score (nSPS) is 10.2. The molecule has 2 aromatic rings. The zero-order valence-corrected chi connectivity index (χ0v) is 9.60. The van der Waals surface area contributed by atoms with E-state index in [1.807, 2.05) is 6.07 Å². The van der Waals surface area contributed by atoms with E-state index in [0.29, 0.717) is 29.2 Å². The van der Waals surface area contributed by atoms with Crippen LogP contribution < -0.4 is 0 Å². The second kappa shape index (κ2) is 4.26. The van der Waals surface area contributed by atoms with Crippen LogP contribution in [0.4, 0.5) is 0 Å². The molecule has 2 rings (SSSR count). The molecule has 86 valence electrons. The number of hydrogen-bond acceptors (Lipinski definition) is 4. The van der Waals surface area contributed by atoms with Crippen molar-refractivity contribution in [2.75, 3.05) is 6.61 Å². The van der Waals surface area contributed by atoms with E-state index >= 15 is 0 Å². The van der Waals surface area contributed by atoms with Crippen LogP contribution in [0.5, 0.6) is 0 Å². The van der Waals surface area contributed by atoms with Gasteiger partial charge in [-0.15, -0.1) is 0 Å². The lowest BCUT2D eigenvalue weighted by Gasteiger charge is -2.02. The topological polar surface area (TPSA) is 67.4 Å². The van der Waals surface area contributed by atoms with Crippen molar-refractivity contribution in [2.45, 2.75) is 13.8 Å². The number of nitriles is 1. The second-order valence-corrected chi connectivity index (χ2v) is 3.52. The molecule has 0 N–H and O–H groups in total. The maximum absolute atomic E-state index is 11.7. The van der Waals surface area contributed by atoms with Crippen molar-refractivity contribution in [3.05, 3.63) is 35.3 Å². The van der Waals surface area contributed by atoms with Crippen LogP contribution in [0.2, 0.25) is 0 Å². The van der Waals surface area contributed by atoms with Crippen LogP contribution in [0.1, 0.15) is 28.7 Å². The maximum atomic E-state index is 11.7. The number of hydrogen-bond donors (Lipinski definition) is 0. The van der Waals surface area contributed by atoms with Gasteiger partial charge in [0.2, 0.25) is 0 Å². The minimum absolute atomic E-state index is 0.321. The molecule has 0 saturated carbocycles. The molecule has 0 radical (unpaired) electrons. The molecule has 0 aromatic carbocycles. The number of imidazole rings is 1. The Morgan fingerprint density at radius 1 is 1.65 bits per heavy atom. The molecule has 5 heteroatoms. The van der Waals surface area contributed by atoms with E-state index < -0.39 is 5.97 Å². The van der Waals surface area contributed by atoms with Crippen LogP contribution in [0, 0.1) is 18.3 Å². The third kappa shape index (κ3) is 1.85. The lowest BCUT2D eigenvalue weighted by atomic mass is 10.3. The molecule has 0 fully saturated rings. The van der Waals surface area contributed by atoms with E-state index in [0.717, 1.165) is 0 Å². The summed E-state index contributed by atoms with van der Waals surface area (Å²) in [7, 11) is 0. The molecule has 0 unspecified atom stereocenters. The number of fused-ring (bicyclic) bond motifs is 1. The van der Waals surface area contributed by atoms with Crippen molar-refractivity contribution in [1.82, 2.24) is 9.38 Å². The fourth-order valence-corrected chi connectivity index (χ4v) is 1.68. The Kier molecular flexibility index (Phi) is 2.79. The summed E-state index contributed by atoms with van der Waals surface area (Å²) in [5.74, 6) is -0.401. The van der Waals surface area contributed by atoms with Gasteiger partial charge in [-0.05, 0) is 26.0 Å². The number of aryl methyl sites for hydroxylation is 1. The quantitative estimate of drug-likeness (QED) is 0.735. The zero-order valence-electron chi connectivity index (χ0n) is 9.60. The van der Waals surface area contributed by atoms with Gasteiger partial charge < -0.3 is 4.74 Å². The van der Waals surface area contributed by atoms with Crippen molar-refractivity contribution in [2.24, 2.45) is 0 Å². The molecule has 5 nitrogen and oxygen atoms in total. The highest BCUT2D eigenvalue weighted by atomic mass is 16.5. The molecule has 2 aromatic heterocycles. The minimum atomic E-state index is -0.401. The molecular formula is C12H11N3O2. The number of nitrogens with zero attached hydrogens (tertiary/aromatic N) is 3. The van der Waals surface area contributed by atoms with Crippen molar-refractivity contribution in [1.29, 1.82) is 5.26 Å². The van der Waals surface area contributed by atoms with Crippen molar-refractivity contribution in [3.8, 4) is 6.07 Å². The Morgan fingerprint density at radius 3 is 3.06 bits per heavy atom. The molecule has 0 spiro atoms. The van der Waals surface area contributed by atoms with Gasteiger partial charge >= 0.3 is 5.97 Å². The first-order valence-electron chi connectivity index (χ1n) is 5.23. The smallest absolute Gasteiger partial charge is 0.357 e. The van der Waals surface area contributed by atoms with Gasteiger partial charge in [0.1, 0.15) is 5.65 Å². The summed E-state index contributed by atoms with van der Waals surface area (Å²) in [4.78, 5) is 16.0. The summed E-state index contributed by atoms with van der Waals surface area (Å²) in [6.07, 6.45) is 1.65. The monoisotopic (exact) mass is 229 g/mol. The SMILES string of the molecule is CCOC(=O)c1c(C)nc2cc(C#N)ccn12. The van der Waals surface area contributed by atoms with Crippen LogP contribution in [-0.4, -0.2) is 22.0 Å². The maximum Gasteiger partial charge on any atom is 0.357 e. The second-order valence-electron chi connectivity index (χ2n) is 3.52. The van der Waals surface area contributed by atoms with E-state index in [2.05, 4.69) is 4.98 Å². The Labute approximate surface area is 98.3 Å². The fourth-order valence-electron chi connectivity index (χ4n) is 1.68. The number of carbonyl (C=O) groups excluding carboxylic acids is 1. The predicted octanol–water partition coefficient (Wildman–Crippen LogP) is 1.69. The van der Waals surface area contributed by atoms with E-state index in [1.54, 1.807) is 36.6 Å². The van der Waals surface area contributed by atoms with Crippen LogP contribution in [0.25, 0.3) is 5.65 Å². The van der Waals surface area contributed by atoms with E-state index in [4.69, 9.17) is 10.00 Å². The zero-order chi connectivity index (χ0) is 12.4. The van der Waals surface area contributed by atoms with Crippen molar-refractivity contribution in [3.63, 3.8) is 0 Å². The Bertz CT molecular complexity index is 622. The largest absolute Gasteiger partial charge is 0.461 e. The average Bonchev–Trinajstić information content (AvgIpc) is 2.64. The van der Waals surface area contributed by atoms with E-state index in [-0.39, 0.29) is 0 Å². The number of esters is 1. The third-order valence-electron chi connectivity index (χ3n) is 2.40. The van der Waals surface area contributed by atoms with E-state index in [1.165, 1.54) is 0 Å². The van der Waals surface area contributed by atoms with Gasteiger partial charge in [0, 0.05) is 6.20 Å². The highest BCUT2D eigenvalue weighted by molar-refractivity contribution is 5.90. The molecule has 0 aliphatic carbocycles. The lowest BCUT2D eigenvalue weighted by Crippen LogP contribution is -2.09. The first-order valence-corrected chi connectivity index (χ1v) is 5.23. The summed E-state index contributed by atoms with van der Waals surface area (Å²) in [6.45, 7) is 3.82. The van der Waals surface area contributed by atoms with Gasteiger partial charge in [0.15, 0.2) is 5.69 Å². The highest BCUT2D eigenvalue weighted by Crippen LogP contribution is 2.14. The van der Waals surface area contributed by atoms with Gasteiger partial charge in [0.05, 0.1) is 23.9 Å². The van der Waals surface area contributed by atoms with Gasteiger partial charge in [-0.2, -0.15) is 5.26 Å². The van der Waals surface area contributed by atoms with Gasteiger partial charge in [-0.3, -0.25) is 4.40 Å². The number of pyridine rings is 1. The lowest BCUT2D eigenvalue weighted by molar-refractivity contribution is 0.0517. The molecule has 0 amide bonds. The molecule has 17 heavy (non-hydrogen) atoms. The molecule has 0 aliphatic rings. The number of carbonyl (C=O) groups is 1. The van der Waals surface area contributed by atoms with E-state index in [9.17, 15) is 4.79 Å². The Morgan fingerprint density at radius 2 is 2.41 bits per heavy atom. The first-order chi connectivity index (χ1) is 8.17. The summed E-state index contributed by atoms with van der Waals surface area (Å²) in [5, 5.41) is 8.79. The van der Waals surface area contributed by atoms with Crippen LogP contribution in [0.3, 0.4) is 0 Å². The molecule has 0 saturated heterocycles. The van der Waals surface area contributed by atoms with Gasteiger partial charge in [-0.25, -0.2) is 9.78 Å². The Hall–Kier alpha value is -2.35. The number of aromatic nitrogens is 2. The summed E-state index contributed by atoms with van der Waals surface area (Å²) in [5.41, 5.74) is 2.09. The highest BCUT2D eigenvalue weighted by Gasteiger charge is 2.17. The first kappa shape index (κ1) is 11.1. The Balaban J connectivity index is 2.61. The average molecular weight is 229 g/mol. The number of rotatable bonds is 2. The van der Waals surface area contributed by atoms with Crippen LogP contribution in [-0.2, 0) is 4.74 Å². The van der Waals surface area contributed by atoms with Crippen molar-refractivity contribution >= 4 is 11.6 Å². The van der Waals surface area contributed by atoms with Crippen molar-refractivity contribution < 1.29 is 9.53 Å². The van der Waals surface area contributed by atoms with Crippen LogP contribution in [0.15, 0.2) is 18.3 Å². The molecule has 0 aliphatic heterocycles. The minimum Gasteiger partial charge on any atom is -0.461 e. The third-order valence-corrected chi connectivity index (χ3v) is 2.40. The summed E-state index contributed by atoms with van der Waals surface area (Å²) < 4.78 is 6.60. The summed E-state index contributed by atoms with van der Waals surface area (Å²) in [6, 6.07) is 5.30. The van der Waals surface area contributed by atoms with Crippen LogP contribution >= 0.6 is 0 Å². The predicted molar refractivity (Wildman–Crippen MR) is 60.6 cm³/mol. The fraction of sp³-hybridized carbons (Fsp3) is 0.250. The summed E-state index contributed by atoms with van der Waals surface area (Å²) >= 11 is 0. The van der Waals surface area contributed by atoms with Gasteiger partial charge in [0.25, 0.3) is 0 Å². The van der Waals surface area contributed by atoms with Gasteiger partial charge in [-0.1, -0.05) is 0 Å². The number of ether oxygens (including phenoxy) is 1. The molecule has 0 bridgehead atoms. The molecule has 0 atom stereocenters. The standard InChI is InChI=1S/C12H11N3O2/c1-3-17-12(16)11-8(2)14-10-6-9(7-13)4-5-15(10)11/h4-6H,3H2,1-2H3.